The standard InChI is InChI=1S/C13H16BrF2NO/c14-9-7-11(15)13(16)12(8-9)18-6-4-10-3-1-2-5-17-10/h7-8,10,17H,1-6H2. The molecule has 1 unspecified atom stereocenters. The molecule has 1 fully saturated rings. The third-order valence-corrected chi connectivity index (χ3v) is 3.55. The minimum absolute atomic E-state index is 0.0299. The number of rotatable bonds is 4. The number of piperidine rings is 1. The Morgan fingerprint density at radius 2 is 2.17 bits per heavy atom. The summed E-state index contributed by atoms with van der Waals surface area (Å²) in [6, 6.07) is 2.97. The molecule has 5 heteroatoms. The zero-order valence-electron chi connectivity index (χ0n) is 10.0. The number of nitrogens with one attached hydrogen (secondary N) is 1. The fraction of sp³-hybridized carbons (Fsp3) is 0.538. The van der Waals surface area contributed by atoms with Crippen LogP contribution in [0.15, 0.2) is 16.6 Å². The first-order valence-electron chi connectivity index (χ1n) is 6.17. The quantitative estimate of drug-likeness (QED) is 0.855. The van der Waals surface area contributed by atoms with E-state index in [9.17, 15) is 8.78 Å². The maximum absolute atomic E-state index is 13.4. The smallest absolute Gasteiger partial charge is 0.200 e. The number of ether oxygens (including phenoxy) is 1. The molecule has 1 aromatic rings. The molecule has 0 saturated carbocycles. The Labute approximate surface area is 114 Å². The molecule has 2 nitrogen and oxygen atoms in total. The first-order chi connectivity index (χ1) is 8.66. The zero-order chi connectivity index (χ0) is 13.0. The van der Waals surface area contributed by atoms with Gasteiger partial charge in [0, 0.05) is 10.5 Å². The Bertz CT molecular complexity index is 408. The summed E-state index contributed by atoms with van der Waals surface area (Å²) in [5, 5.41) is 3.39. The fourth-order valence-corrected chi connectivity index (χ4v) is 2.53. The van der Waals surface area contributed by atoms with Crippen LogP contribution in [-0.2, 0) is 0 Å². The SMILES string of the molecule is Fc1cc(Br)cc(OCCC2CCCCN2)c1F. The van der Waals surface area contributed by atoms with E-state index in [2.05, 4.69) is 21.2 Å². The topological polar surface area (TPSA) is 21.3 Å². The lowest BCUT2D eigenvalue weighted by atomic mass is 10.0. The molecule has 1 heterocycles. The average molecular weight is 320 g/mol. The van der Waals surface area contributed by atoms with Gasteiger partial charge >= 0.3 is 0 Å². The van der Waals surface area contributed by atoms with Crippen molar-refractivity contribution < 1.29 is 13.5 Å². The minimum Gasteiger partial charge on any atom is -0.490 e. The van der Waals surface area contributed by atoms with Gasteiger partial charge in [-0.15, -0.1) is 0 Å². The molecule has 1 atom stereocenters. The van der Waals surface area contributed by atoms with Crippen LogP contribution in [0.4, 0.5) is 8.78 Å². The van der Waals surface area contributed by atoms with Crippen LogP contribution in [0.5, 0.6) is 5.75 Å². The summed E-state index contributed by atoms with van der Waals surface area (Å²) in [6.07, 6.45) is 4.37. The van der Waals surface area contributed by atoms with Crippen molar-refractivity contribution in [2.24, 2.45) is 0 Å². The lowest BCUT2D eigenvalue weighted by Crippen LogP contribution is -2.35. The van der Waals surface area contributed by atoms with Gasteiger partial charge in [0.15, 0.2) is 11.6 Å². The van der Waals surface area contributed by atoms with Crippen molar-refractivity contribution in [3.8, 4) is 5.75 Å². The van der Waals surface area contributed by atoms with Crippen LogP contribution in [-0.4, -0.2) is 19.2 Å². The molecular weight excluding hydrogens is 304 g/mol. The highest BCUT2D eigenvalue weighted by Crippen LogP contribution is 2.25. The molecule has 1 saturated heterocycles. The van der Waals surface area contributed by atoms with Gasteiger partial charge in [-0.3, -0.25) is 0 Å². The average Bonchev–Trinajstić information content (AvgIpc) is 2.36. The molecule has 0 aliphatic carbocycles. The van der Waals surface area contributed by atoms with Gasteiger partial charge in [-0.05, 0) is 37.9 Å². The summed E-state index contributed by atoms with van der Waals surface area (Å²) in [6.45, 7) is 1.43. The van der Waals surface area contributed by atoms with E-state index < -0.39 is 11.6 Å². The molecule has 2 rings (SSSR count). The summed E-state index contributed by atoms with van der Waals surface area (Å²) in [4.78, 5) is 0. The van der Waals surface area contributed by atoms with Crippen molar-refractivity contribution in [2.75, 3.05) is 13.2 Å². The van der Waals surface area contributed by atoms with Gasteiger partial charge in [-0.1, -0.05) is 22.4 Å². The van der Waals surface area contributed by atoms with E-state index in [0.29, 0.717) is 17.1 Å². The predicted octanol–water partition coefficient (Wildman–Crippen LogP) is 3.64. The first-order valence-corrected chi connectivity index (χ1v) is 6.97. The largest absolute Gasteiger partial charge is 0.490 e. The van der Waals surface area contributed by atoms with Crippen LogP contribution in [0, 0.1) is 11.6 Å². The Morgan fingerprint density at radius 1 is 1.33 bits per heavy atom. The van der Waals surface area contributed by atoms with Crippen molar-refractivity contribution in [1.82, 2.24) is 5.32 Å². The lowest BCUT2D eigenvalue weighted by molar-refractivity contribution is 0.256. The van der Waals surface area contributed by atoms with E-state index in [1.807, 2.05) is 0 Å². The van der Waals surface area contributed by atoms with Gasteiger partial charge in [-0.2, -0.15) is 4.39 Å². The highest BCUT2D eigenvalue weighted by Gasteiger charge is 2.14. The second kappa shape index (κ2) is 6.48. The van der Waals surface area contributed by atoms with E-state index >= 15 is 0 Å². The number of hydrogen-bond acceptors (Lipinski definition) is 2. The van der Waals surface area contributed by atoms with Crippen LogP contribution in [0.1, 0.15) is 25.7 Å². The summed E-state index contributed by atoms with van der Waals surface area (Å²) in [7, 11) is 0. The lowest BCUT2D eigenvalue weighted by Gasteiger charge is -2.23. The second-order valence-electron chi connectivity index (χ2n) is 4.48. The minimum atomic E-state index is -0.921. The number of benzene rings is 1. The molecule has 18 heavy (non-hydrogen) atoms. The zero-order valence-corrected chi connectivity index (χ0v) is 11.6. The molecule has 0 bridgehead atoms. The van der Waals surface area contributed by atoms with Crippen LogP contribution >= 0.6 is 15.9 Å². The molecule has 1 aliphatic rings. The number of halogens is 3. The van der Waals surface area contributed by atoms with Crippen LogP contribution in [0.2, 0.25) is 0 Å². The van der Waals surface area contributed by atoms with Crippen LogP contribution < -0.4 is 10.1 Å². The van der Waals surface area contributed by atoms with Gasteiger partial charge < -0.3 is 10.1 Å². The Hall–Kier alpha value is -0.680. The van der Waals surface area contributed by atoms with Crippen molar-refractivity contribution in [2.45, 2.75) is 31.7 Å². The van der Waals surface area contributed by atoms with Crippen LogP contribution in [0.3, 0.4) is 0 Å². The molecule has 0 aromatic heterocycles. The van der Waals surface area contributed by atoms with E-state index in [-0.39, 0.29) is 5.75 Å². The van der Waals surface area contributed by atoms with E-state index in [0.717, 1.165) is 25.5 Å². The van der Waals surface area contributed by atoms with Gasteiger partial charge in [-0.25, -0.2) is 4.39 Å². The van der Waals surface area contributed by atoms with Crippen molar-refractivity contribution in [3.05, 3.63) is 28.2 Å². The summed E-state index contributed by atoms with van der Waals surface area (Å²) in [5.41, 5.74) is 0. The maximum Gasteiger partial charge on any atom is 0.200 e. The summed E-state index contributed by atoms with van der Waals surface area (Å²) in [5.74, 6) is -1.84. The van der Waals surface area contributed by atoms with Gasteiger partial charge in [0.05, 0.1) is 6.61 Å². The van der Waals surface area contributed by atoms with Crippen molar-refractivity contribution in [1.29, 1.82) is 0 Å². The third-order valence-electron chi connectivity index (χ3n) is 3.10. The molecular formula is C13H16BrF2NO. The van der Waals surface area contributed by atoms with Gasteiger partial charge in [0.25, 0.3) is 0 Å². The fourth-order valence-electron chi connectivity index (χ4n) is 2.12. The first kappa shape index (κ1) is 13.7. The molecule has 1 aliphatic heterocycles. The predicted molar refractivity (Wildman–Crippen MR) is 69.8 cm³/mol. The monoisotopic (exact) mass is 319 g/mol. The molecule has 0 amide bonds. The molecule has 0 radical (unpaired) electrons. The van der Waals surface area contributed by atoms with Crippen molar-refractivity contribution >= 4 is 15.9 Å². The normalized spacial score (nSPS) is 19.8. The highest BCUT2D eigenvalue weighted by atomic mass is 79.9. The van der Waals surface area contributed by atoms with E-state index in [1.54, 1.807) is 0 Å². The second-order valence-corrected chi connectivity index (χ2v) is 5.40. The maximum atomic E-state index is 13.4. The molecule has 100 valence electrons. The van der Waals surface area contributed by atoms with E-state index in [4.69, 9.17) is 4.74 Å². The Balaban J connectivity index is 1.86. The number of hydrogen-bond donors (Lipinski definition) is 1. The Morgan fingerprint density at radius 3 is 2.89 bits per heavy atom. The van der Waals surface area contributed by atoms with Crippen molar-refractivity contribution in [3.63, 3.8) is 0 Å². The summed E-state index contributed by atoms with van der Waals surface area (Å²) < 4.78 is 32.3. The molecule has 1 N–H and O–H groups in total. The molecule has 0 spiro atoms. The highest BCUT2D eigenvalue weighted by molar-refractivity contribution is 9.10. The van der Waals surface area contributed by atoms with Crippen LogP contribution in [0.25, 0.3) is 0 Å². The Kier molecular flexibility index (Phi) is 4.95. The molecule has 1 aromatic carbocycles. The van der Waals surface area contributed by atoms with E-state index in [1.165, 1.54) is 18.9 Å². The van der Waals surface area contributed by atoms with Gasteiger partial charge in [0.1, 0.15) is 0 Å². The van der Waals surface area contributed by atoms with Gasteiger partial charge in [0.2, 0.25) is 5.82 Å². The summed E-state index contributed by atoms with van der Waals surface area (Å²) >= 11 is 3.12. The third kappa shape index (κ3) is 3.65.